The summed E-state index contributed by atoms with van der Waals surface area (Å²) in [5, 5.41) is 16.5. The van der Waals surface area contributed by atoms with E-state index >= 15 is 0 Å². The number of aliphatic carboxylic acids is 1. The molecule has 37 heavy (non-hydrogen) atoms. The first-order valence-corrected chi connectivity index (χ1v) is 12.3. The zero-order chi connectivity index (χ0) is 25.2. The molecule has 3 aromatic heterocycles. The average Bonchev–Trinajstić information content (AvgIpc) is 3.70. The van der Waals surface area contributed by atoms with Crippen molar-refractivity contribution in [2.45, 2.75) is 18.5 Å². The van der Waals surface area contributed by atoms with Crippen molar-refractivity contribution >= 4 is 36.0 Å². The van der Waals surface area contributed by atoms with Crippen LogP contribution in [0.15, 0.2) is 77.8 Å². The Hall–Kier alpha value is -4.62. The van der Waals surface area contributed by atoms with Crippen LogP contribution in [0.5, 0.6) is 0 Å². The number of carbonyl (C=O) groups is 1. The van der Waals surface area contributed by atoms with Crippen molar-refractivity contribution in [3.63, 3.8) is 0 Å². The Morgan fingerprint density at radius 1 is 0.784 bits per heavy atom. The number of rotatable bonds is 1. The summed E-state index contributed by atoms with van der Waals surface area (Å²) in [5.41, 5.74) is 4.12. The van der Waals surface area contributed by atoms with Crippen molar-refractivity contribution in [1.82, 2.24) is 20.3 Å². The third-order valence-corrected chi connectivity index (χ3v) is 6.66. The minimum Gasteiger partial charge on any atom is -0.479 e. The van der Waals surface area contributed by atoms with Crippen LogP contribution in [0.4, 0.5) is 0 Å². The molecule has 0 aliphatic carbocycles. The summed E-state index contributed by atoms with van der Waals surface area (Å²) in [6.07, 6.45) is 12.0. The number of aliphatic imine (C=N–C) groups is 1. The van der Waals surface area contributed by atoms with Crippen LogP contribution in [0.2, 0.25) is 0 Å². The average molecular weight is 490 g/mol. The van der Waals surface area contributed by atoms with Crippen LogP contribution >= 0.6 is 0 Å². The number of benzene rings is 1. The van der Waals surface area contributed by atoms with Gasteiger partial charge in [0, 0.05) is 39.3 Å². The molecule has 7 nitrogen and oxygen atoms in total. The molecule has 5 N–H and O–H groups in total. The SMILES string of the molecule is O=C(O)C12C=CC(=N1)C=c1ccc([nH]1)=Cc1ccc([nH]1)C=c1ccc([nH]1)=C2.c1ccc2c(c1)CCNC2. The monoisotopic (exact) mass is 489 g/mol. The lowest BCUT2D eigenvalue weighted by Crippen LogP contribution is -2.33. The minimum absolute atomic E-state index is 0.606. The molecule has 6 heterocycles. The Morgan fingerprint density at radius 3 is 2.14 bits per heavy atom. The first-order valence-electron chi connectivity index (χ1n) is 12.3. The van der Waals surface area contributed by atoms with E-state index in [1.54, 1.807) is 18.2 Å². The first kappa shape index (κ1) is 22.8. The Balaban J connectivity index is 0.000000210. The second-order valence-electron chi connectivity index (χ2n) is 9.38. The van der Waals surface area contributed by atoms with E-state index in [0.717, 1.165) is 40.5 Å². The molecule has 0 amide bonds. The predicted molar refractivity (Wildman–Crippen MR) is 146 cm³/mol. The fourth-order valence-electron chi connectivity index (χ4n) is 4.79. The van der Waals surface area contributed by atoms with E-state index in [1.807, 2.05) is 54.6 Å². The number of nitrogens with one attached hydrogen (secondary N) is 4. The van der Waals surface area contributed by atoms with Gasteiger partial charge in [0.2, 0.25) is 0 Å². The summed E-state index contributed by atoms with van der Waals surface area (Å²) in [6.45, 7) is 2.19. The summed E-state index contributed by atoms with van der Waals surface area (Å²) in [5.74, 6) is -1.02. The van der Waals surface area contributed by atoms with Crippen LogP contribution in [-0.4, -0.2) is 43.8 Å². The van der Waals surface area contributed by atoms with Crippen molar-refractivity contribution in [2.24, 2.45) is 4.99 Å². The standard InChI is InChI=1S/C21H16N4O2.C9H11N/c26-20(27)21-8-7-18(25-21)11-17-4-3-14(23-17)9-13-1-2-15(22-13)10-16-5-6-19(12-21)24-16;1-2-4-9-7-10-6-5-8(9)3-1/h1-12,22-24H,(H,26,27);1-4,10H,5-7H2. The van der Waals surface area contributed by atoms with E-state index in [4.69, 9.17) is 0 Å². The molecule has 0 fully saturated rings. The molecule has 3 aliphatic rings. The maximum absolute atomic E-state index is 12.0. The van der Waals surface area contributed by atoms with E-state index in [9.17, 15) is 9.90 Å². The fraction of sp³-hybridized carbons (Fsp3) is 0.133. The molecular formula is C30H27N5O2. The van der Waals surface area contributed by atoms with Crippen LogP contribution in [0.25, 0.3) is 24.3 Å². The van der Waals surface area contributed by atoms with Crippen molar-refractivity contribution in [1.29, 1.82) is 0 Å². The lowest BCUT2D eigenvalue weighted by Gasteiger charge is -2.15. The third-order valence-electron chi connectivity index (χ3n) is 6.66. The molecule has 1 unspecified atom stereocenters. The molecule has 4 aromatic rings. The largest absolute Gasteiger partial charge is 0.479 e. The molecule has 0 saturated heterocycles. The van der Waals surface area contributed by atoms with Crippen molar-refractivity contribution in [3.8, 4) is 0 Å². The van der Waals surface area contributed by atoms with E-state index in [-0.39, 0.29) is 0 Å². The molecule has 0 spiro atoms. The van der Waals surface area contributed by atoms with E-state index in [0.29, 0.717) is 11.1 Å². The predicted octanol–water partition coefficient (Wildman–Crippen LogP) is 1.07. The highest BCUT2D eigenvalue weighted by molar-refractivity contribution is 6.21. The Bertz CT molecular complexity index is 1760. The third kappa shape index (κ3) is 4.90. The van der Waals surface area contributed by atoms with Crippen LogP contribution in [0, 0.1) is 0 Å². The molecule has 1 atom stereocenters. The summed E-state index contributed by atoms with van der Waals surface area (Å²) in [7, 11) is 0. The number of aromatic amines is 3. The summed E-state index contributed by atoms with van der Waals surface area (Å²) < 4.78 is 0. The van der Waals surface area contributed by atoms with Gasteiger partial charge in [0.1, 0.15) is 0 Å². The van der Waals surface area contributed by atoms with E-state index in [2.05, 4.69) is 49.5 Å². The van der Waals surface area contributed by atoms with Crippen LogP contribution < -0.4 is 26.7 Å². The molecule has 1 aromatic carbocycles. The highest BCUT2D eigenvalue weighted by Crippen LogP contribution is 2.22. The molecule has 184 valence electrons. The van der Waals surface area contributed by atoms with Gasteiger partial charge in [-0.05, 0) is 96.9 Å². The molecular weight excluding hydrogens is 462 g/mol. The number of carboxylic acid groups (broad SMARTS) is 1. The van der Waals surface area contributed by atoms with Gasteiger partial charge in [-0.2, -0.15) is 0 Å². The lowest BCUT2D eigenvalue weighted by molar-refractivity contribution is -0.139. The van der Waals surface area contributed by atoms with Gasteiger partial charge < -0.3 is 25.4 Å². The van der Waals surface area contributed by atoms with Gasteiger partial charge in [-0.25, -0.2) is 4.79 Å². The second-order valence-corrected chi connectivity index (χ2v) is 9.38. The number of hydrogen-bond acceptors (Lipinski definition) is 3. The van der Waals surface area contributed by atoms with Crippen LogP contribution in [-0.2, 0) is 17.8 Å². The van der Waals surface area contributed by atoms with Gasteiger partial charge in [0.25, 0.3) is 0 Å². The quantitative estimate of drug-likeness (QED) is 0.276. The Labute approximate surface area is 213 Å². The minimum atomic E-state index is -1.41. The number of H-pyrrole nitrogens is 3. The lowest BCUT2D eigenvalue weighted by atomic mass is 10.0. The zero-order valence-corrected chi connectivity index (χ0v) is 20.2. The van der Waals surface area contributed by atoms with Crippen LogP contribution in [0.1, 0.15) is 22.5 Å². The fourth-order valence-corrected chi connectivity index (χ4v) is 4.79. The Morgan fingerprint density at radius 2 is 1.43 bits per heavy atom. The number of aromatic nitrogens is 3. The van der Waals surface area contributed by atoms with Gasteiger partial charge >= 0.3 is 5.97 Å². The number of hydrogen-bond donors (Lipinski definition) is 5. The number of nitrogens with zero attached hydrogens (tertiary/aromatic N) is 1. The topological polar surface area (TPSA) is 109 Å². The van der Waals surface area contributed by atoms with Crippen molar-refractivity contribution < 1.29 is 9.90 Å². The molecule has 7 rings (SSSR count). The van der Waals surface area contributed by atoms with Crippen molar-refractivity contribution in [3.05, 3.63) is 117 Å². The number of allylic oxidation sites excluding steroid dienone is 1. The normalized spacial score (nSPS) is 19.1. The molecule has 8 bridgehead atoms. The van der Waals surface area contributed by atoms with E-state index in [1.165, 1.54) is 17.5 Å². The van der Waals surface area contributed by atoms with E-state index < -0.39 is 11.5 Å². The summed E-state index contributed by atoms with van der Waals surface area (Å²) in [4.78, 5) is 26.3. The molecule has 0 saturated carbocycles. The maximum atomic E-state index is 12.0. The van der Waals surface area contributed by atoms with Gasteiger partial charge in [-0.1, -0.05) is 24.3 Å². The van der Waals surface area contributed by atoms with Gasteiger partial charge in [0.15, 0.2) is 5.54 Å². The zero-order valence-electron chi connectivity index (χ0n) is 20.2. The highest BCUT2D eigenvalue weighted by atomic mass is 16.4. The second kappa shape index (κ2) is 9.44. The van der Waals surface area contributed by atoms with Crippen molar-refractivity contribution in [2.75, 3.05) is 6.54 Å². The smallest absolute Gasteiger partial charge is 0.339 e. The molecule has 0 radical (unpaired) electrons. The maximum Gasteiger partial charge on any atom is 0.339 e. The van der Waals surface area contributed by atoms with Gasteiger partial charge in [-0.15, -0.1) is 0 Å². The summed E-state index contributed by atoms with van der Waals surface area (Å²) in [6, 6.07) is 20.3. The number of carboxylic acids is 1. The Kier molecular flexibility index (Phi) is 5.82. The van der Waals surface area contributed by atoms with Gasteiger partial charge in [-0.3, -0.25) is 4.99 Å². The first-order chi connectivity index (χ1) is 18.0. The number of fused-ring (bicyclic) bond motifs is 8. The molecule has 7 heteroatoms. The van der Waals surface area contributed by atoms with Crippen LogP contribution in [0.3, 0.4) is 0 Å². The molecule has 3 aliphatic heterocycles. The highest BCUT2D eigenvalue weighted by Gasteiger charge is 2.36. The summed E-state index contributed by atoms with van der Waals surface area (Å²) >= 11 is 0. The van der Waals surface area contributed by atoms with Gasteiger partial charge in [0.05, 0.1) is 5.71 Å².